The average molecular weight is 230 g/mol. The summed E-state index contributed by atoms with van der Waals surface area (Å²) in [5.74, 6) is 0.218. The normalized spacial score (nSPS) is 10.6. The minimum absolute atomic E-state index is 0.0493. The molecule has 17 heavy (non-hydrogen) atoms. The van der Waals surface area contributed by atoms with Gasteiger partial charge in [-0.15, -0.1) is 6.58 Å². The summed E-state index contributed by atoms with van der Waals surface area (Å²) in [5.41, 5.74) is 0.724. The van der Waals surface area contributed by atoms with E-state index in [-0.39, 0.29) is 12.4 Å². The molecule has 0 radical (unpaired) electrons. The lowest BCUT2D eigenvalue weighted by molar-refractivity contribution is 0.0743. The molecule has 0 spiro atoms. The number of fused-ring (bicyclic) bond motifs is 1. The first-order valence-corrected chi connectivity index (χ1v) is 5.51. The molecule has 0 fully saturated rings. The molecule has 2 aromatic rings. The van der Waals surface area contributed by atoms with Gasteiger partial charge in [0.15, 0.2) is 5.76 Å². The van der Waals surface area contributed by atoms with Crippen LogP contribution < -0.4 is 0 Å². The maximum atomic E-state index is 11.7. The van der Waals surface area contributed by atoms with E-state index in [0.29, 0.717) is 12.4 Å². The van der Waals surface area contributed by atoms with Crippen LogP contribution in [0.5, 0.6) is 0 Å². The minimum atomic E-state index is -0.134. The van der Waals surface area contributed by atoms with E-state index in [1.54, 1.807) is 12.1 Å². The quantitative estimate of drug-likeness (QED) is 0.434. The van der Waals surface area contributed by atoms with Gasteiger partial charge < -0.3 is 9.15 Å². The summed E-state index contributed by atoms with van der Waals surface area (Å²) in [6.07, 6.45) is 2.50. The van der Waals surface area contributed by atoms with Crippen LogP contribution in [0.3, 0.4) is 0 Å². The average Bonchev–Trinajstić information content (AvgIpc) is 2.78. The van der Waals surface area contributed by atoms with Crippen molar-refractivity contribution in [1.82, 2.24) is 0 Å². The van der Waals surface area contributed by atoms with E-state index >= 15 is 0 Å². The van der Waals surface area contributed by atoms with E-state index in [1.165, 1.54) is 0 Å². The van der Waals surface area contributed by atoms with Gasteiger partial charge in [-0.1, -0.05) is 24.3 Å². The van der Waals surface area contributed by atoms with Gasteiger partial charge in [0.05, 0.1) is 6.61 Å². The Hall–Kier alpha value is -1.87. The number of ether oxygens (including phenoxy) is 1. The summed E-state index contributed by atoms with van der Waals surface area (Å²) in [7, 11) is 0. The number of benzene rings is 1. The van der Waals surface area contributed by atoms with Crippen molar-refractivity contribution in [3.63, 3.8) is 0 Å². The second-order valence-electron chi connectivity index (χ2n) is 3.70. The third-order valence-corrected chi connectivity index (χ3v) is 2.40. The Balaban J connectivity index is 2.01. The highest BCUT2D eigenvalue weighted by Gasteiger charge is 2.11. The number of hydrogen-bond acceptors (Lipinski definition) is 3. The number of hydrogen-bond donors (Lipinski definition) is 0. The molecule has 2 rings (SSSR count). The lowest BCUT2D eigenvalue weighted by Crippen LogP contribution is -2.08. The highest BCUT2D eigenvalue weighted by molar-refractivity contribution is 5.98. The Morgan fingerprint density at radius 2 is 2.24 bits per heavy atom. The number of carbonyl (C=O) groups excluding carboxylic acids is 1. The summed E-state index contributed by atoms with van der Waals surface area (Å²) in [5, 5.41) is 0.932. The first-order valence-electron chi connectivity index (χ1n) is 5.51. The molecule has 3 nitrogen and oxygen atoms in total. The third-order valence-electron chi connectivity index (χ3n) is 2.40. The van der Waals surface area contributed by atoms with E-state index in [0.717, 1.165) is 17.4 Å². The lowest BCUT2D eigenvalue weighted by Gasteiger charge is -1.98. The highest BCUT2D eigenvalue weighted by Crippen LogP contribution is 2.19. The zero-order chi connectivity index (χ0) is 12.1. The van der Waals surface area contributed by atoms with Gasteiger partial charge in [0.2, 0.25) is 5.78 Å². The molecule has 0 aliphatic carbocycles. The maximum absolute atomic E-state index is 11.7. The van der Waals surface area contributed by atoms with Gasteiger partial charge >= 0.3 is 0 Å². The standard InChI is InChI=1S/C14H14O3/c1-2-3-8-16-10-12(15)14-9-11-6-4-5-7-13(11)17-14/h2,4-7,9H,1,3,8,10H2. The number of carbonyl (C=O) groups is 1. The molecule has 0 saturated heterocycles. The predicted octanol–water partition coefficient (Wildman–Crippen LogP) is 3.21. The zero-order valence-electron chi connectivity index (χ0n) is 9.52. The van der Waals surface area contributed by atoms with Crippen molar-refractivity contribution in [3.8, 4) is 0 Å². The van der Waals surface area contributed by atoms with Crippen LogP contribution in [0, 0.1) is 0 Å². The number of para-hydroxylation sites is 1. The summed E-state index contributed by atoms with van der Waals surface area (Å²) >= 11 is 0. The van der Waals surface area contributed by atoms with Crippen molar-refractivity contribution in [3.05, 3.63) is 48.7 Å². The summed E-state index contributed by atoms with van der Waals surface area (Å²) in [4.78, 5) is 11.7. The van der Waals surface area contributed by atoms with Crippen molar-refractivity contribution in [1.29, 1.82) is 0 Å². The molecule has 0 aliphatic heterocycles. The molecule has 0 unspecified atom stereocenters. The molecule has 3 heteroatoms. The molecule has 0 saturated carbocycles. The molecule has 0 atom stereocenters. The molecule has 0 bridgehead atoms. The molecule has 0 amide bonds. The van der Waals surface area contributed by atoms with Crippen molar-refractivity contribution >= 4 is 16.8 Å². The zero-order valence-corrected chi connectivity index (χ0v) is 9.52. The Morgan fingerprint density at radius 1 is 1.41 bits per heavy atom. The van der Waals surface area contributed by atoms with Crippen LogP contribution >= 0.6 is 0 Å². The number of ketones is 1. The molecular formula is C14H14O3. The van der Waals surface area contributed by atoms with Crippen LogP contribution in [-0.4, -0.2) is 19.0 Å². The molecule has 1 aromatic carbocycles. The Bertz CT molecular complexity index is 492. The summed E-state index contributed by atoms with van der Waals surface area (Å²) in [6.45, 7) is 4.14. The van der Waals surface area contributed by atoms with Crippen molar-refractivity contribution in [2.24, 2.45) is 0 Å². The third kappa shape index (κ3) is 2.82. The van der Waals surface area contributed by atoms with Gasteiger partial charge in [0, 0.05) is 5.39 Å². The molecule has 88 valence electrons. The Labute approximate surface area is 99.7 Å². The van der Waals surface area contributed by atoms with E-state index in [9.17, 15) is 4.79 Å². The maximum Gasteiger partial charge on any atom is 0.223 e. The predicted molar refractivity (Wildman–Crippen MR) is 66.2 cm³/mol. The van der Waals surface area contributed by atoms with Crippen LogP contribution in [0.4, 0.5) is 0 Å². The van der Waals surface area contributed by atoms with Crippen molar-refractivity contribution < 1.29 is 13.9 Å². The van der Waals surface area contributed by atoms with Crippen molar-refractivity contribution in [2.45, 2.75) is 6.42 Å². The minimum Gasteiger partial charge on any atom is -0.453 e. The number of Topliss-reactive ketones (excluding diaryl/α,β-unsaturated/α-hetero) is 1. The molecule has 0 N–H and O–H groups in total. The van der Waals surface area contributed by atoms with Crippen LogP contribution in [-0.2, 0) is 4.74 Å². The van der Waals surface area contributed by atoms with E-state index < -0.39 is 0 Å². The smallest absolute Gasteiger partial charge is 0.223 e. The van der Waals surface area contributed by atoms with Crippen molar-refractivity contribution in [2.75, 3.05) is 13.2 Å². The topological polar surface area (TPSA) is 39.4 Å². The van der Waals surface area contributed by atoms with Crippen LogP contribution in [0.25, 0.3) is 11.0 Å². The molecule has 0 aliphatic rings. The summed E-state index contributed by atoms with van der Waals surface area (Å²) in [6, 6.07) is 9.28. The van der Waals surface area contributed by atoms with Crippen LogP contribution in [0.2, 0.25) is 0 Å². The van der Waals surface area contributed by atoms with Gasteiger partial charge in [0.25, 0.3) is 0 Å². The Morgan fingerprint density at radius 3 is 3.00 bits per heavy atom. The second-order valence-corrected chi connectivity index (χ2v) is 3.70. The fourth-order valence-electron chi connectivity index (χ4n) is 1.52. The van der Waals surface area contributed by atoms with Gasteiger partial charge in [-0.25, -0.2) is 0 Å². The lowest BCUT2D eigenvalue weighted by atomic mass is 10.2. The van der Waals surface area contributed by atoms with Gasteiger partial charge in [-0.05, 0) is 18.6 Å². The van der Waals surface area contributed by atoms with E-state index in [2.05, 4.69) is 6.58 Å². The fourth-order valence-corrected chi connectivity index (χ4v) is 1.52. The van der Waals surface area contributed by atoms with Crippen LogP contribution in [0.15, 0.2) is 47.4 Å². The largest absolute Gasteiger partial charge is 0.453 e. The van der Waals surface area contributed by atoms with Gasteiger partial charge in [-0.2, -0.15) is 0 Å². The highest BCUT2D eigenvalue weighted by atomic mass is 16.5. The molecular weight excluding hydrogens is 216 g/mol. The van der Waals surface area contributed by atoms with Gasteiger partial charge in [-0.3, -0.25) is 4.79 Å². The Kier molecular flexibility index (Phi) is 3.73. The SMILES string of the molecule is C=CCCOCC(=O)c1cc2ccccc2o1. The van der Waals surface area contributed by atoms with E-state index in [4.69, 9.17) is 9.15 Å². The number of furan rings is 1. The monoisotopic (exact) mass is 230 g/mol. The molecule has 1 heterocycles. The summed E-state index contributed by atoms with van der Waals surface area (Å²) < 4.78 is 10.6. The molecule has 1 aromatic heterocycles. The fraction of sp³-hybridized carbons (Fsp3) is 0.214. The number of rotatable bonds is 6. The van der Waals surface area contributed by atoms with Gasteiger partial charge in [0.1, 0.15) is 12.2 Å². The first-order chi connectivity index (χ1) is 8.31. The van der Waals surface area contributed by atoms with E-state index in [1.807, 2.05) is 24.3 Å². The first kappa shape index (κ1) is 11.6. The second kappa shape index (κ2) is 5.46. The van der Waals surface area contributed by atoms with Crippen LogP contribution in [0.1, 0.15) is 17.0 Å².